The first-order chi connectivity index (χ1) is 11.3. The lowest BCUT2D eigenvalue weighted by Crippen LogP contribution is -2.61. The first-order valence-electron chi connectivity index (χ1n) is 9.89. The van der Waals surface area contributed by atoms with Gasteiger partial charge < -0.3 is 9.53 Å². The number of carbonyl (C=O) groups excluding carboxylic acids is 1. The van der Waals surface area contributed by atoms with Gasteiger partial charge in [-0.15, -0.1) is 11.6 Å². The molecule has 0 spiro atoms. The molecule has 2 aliphatic carbocycles. The molecule has 3 nitrogen and oxygen atoms in total. The van der Waals surface area contributed by atoms with E-state index in [1.165, 1.54) is 0 Å². The highest BCUT2D eigenvalue weighted by Gasteiger charge is 2.73. The number of alkyl halides is 1. The molecule has 2 bridgehead atoms. The first kappa shape index (κ1) is 21.4. The first-order valence-corrected chi connectivity index (χ1v) is 13.7. The summed E-state index contributed by atoms with van der Waals surface area (Å²) in [5.74, 6) is 0.410. The van der Waals surface area contributed by atoms with E-state index in [9.17, 15) is 9.90 Å². The zero-order chi connectivity index (χ0) is 19.3. The minimum Gasteiger partial charge on any atom is -0.404 e. The van der Waals surface area contributed by atoms with Crippen LogP contribution in [0.4, 0.5) is 0 Å². The number of aliphatic hydroxyl groups is 1. The summed E-state index contributed by atoms with van der Waals surface area (Å²) in [6.45, 7) is 15.3. The molecule has 1 unspecified atom stereocenters. The number of aliphatic hydroxyl groups excluding tert-OH is 1. The van der Waals surface area contributed by atoms with Crippen molar-refractivity contribution in [2.24, 2.45) is 16.7 Å². The second kappa shape index (κ2) is 6.92. The van der Waals surface area contributed by atoms with Gasteiger partial charge in [0.25, 0.3) is 0 Å². The van der Waals surface area contributed by atoms with Gasteiger partial charge in [-0.05, 0) is 56.7 Å². The highest BCUT2D eigenvalue weighted by molar-refractivity contribution is 6.70. The second-order valence-electron chi connectivity index (χ2n) is 10.0. The summed E-state index contributed by atoms with van der Waals surface area (Å²) >= 11 is 6.54. The van der Waals surface area contributed by atoms with Gasteiger partial charge in [0.2, 0.25) is 0 Å². The van der Waals surface area contributed by atoms with E-state index in [1.807, 2.05) is 0 Å². The van der Waals surface area contributed by atoms with Crippen molar-refractivity contribution < 1.29 is 14.3 Å². The Morgan fingerprint density at radius 3 is 2.32 bits per heavy atom. The highest BCUT2D eigenvalue weighted by Crippen LogP contribution is 2.71. The van der Waals surface area contributed by atoms with Gasteiger partial charge >= 0.3 is 0 Å². The number of rotatable bonds is 8. The molecular formula is C20H37ClO3Si. The third kappa shape index (κ3) is 3.37. The second-order valence-corrected chi connectivity index (χ2v) is 14.9. The largest absolute Gasteiger partial charge is 0.404 e. The van der Waals surface area contributed by atoms with Crippen LogP contribution in [0.25, 0.3) is 0 Å². The fourth-order valence-electron chi connectivity index (χ4n) is 5.31. The van der Waals surface area contributed by atoms with Crippen LogP contribution in [-0.4, -0.2) is 36.3 Å². The van der Waals surface area contributed by atoms with Crippen LogP contribution in [0.3, 0.4) is 0 Å². The van der Waals surface area contributed by atoms with Gasteiger partial charge in [-0.1, -0.05) is 40.5 Å². The summed E-state index contributed by atoms with van der Waals surface area (Å²) in [4.78, 5) is 13.6. The predicted octanol–water partition coefficient (Wildman–Crippen LogP) is 5.15. The number of ketones is 1. The molecule has 2 rings (SSSR count). The average Bonchev–Trinajstić information content (AvgIpc) is 2.81. The monoisotopic (exact) mass is 388 g/mol. The number of halogens is 1. The summed E-state index contributed by atoms with van der Waals surface area (Å²) in [7, 11) is -1.97. The molecule has 0 saturated heterocycles. The van der Waals surface area contributed by atoms with Crippen molar-refractivity contribution in [2.75, 3.05) is 0 Å². The highest BCUT2D eigenvalue weighted by atomic mass is 35.5. The fourth-order valence-corrected chi connectivity index (χ4v) is 7.06. The molecule has 2 saturated carbocycles. The summed E-state index contributed by atoms with van der Waals surface area (Å²) in [6, 6.07) is 0. The molecule has 0 aromatic carbocycles. The molecule has 2 aliphatic rings. The Hall–Kier alpha value is 0.0969. The van der Waals surface area contributed by atoms with Gasteiger partial charge in [0.05, 0.1) is 6.10 Å². The third-order valence-electron chi connectivity index (χ3n) is 7.18. The Morgan fingerprint density at radius 1 is 1.32 bits per heavy atom. The van der Waals surface area contributed by atoms with E-state index in [0.29, 0.717) is 12.3 Å². The van der Waals surface area contributed by atoms with E-state index in [4.69, 9.17) is 16.0 Å². The van der Waals surface area contributed by atoms with Crippen LogP contribution in [0, 0.1) is 16.7 Å². The molecule has 25 heavy (non-hydrogen) atoms. The van der Waals surface area contributed by atoms with Crippen molar-refractivity contribution in [3.05, 3.63) is 0 Å². The van der Waals surface area contributed by atoms with Crippen molar-refractivity contribution >= 4 is 25.7 Å². The maximum Gasteiger partial charge on any atom is 0.185 e. The molecule has 0 aromatic heterocycles. The molecular weight excluding hydrogens is 352 g/mol. The fraction of sp³-hybridized carbons (Fsp3) is 0.950. The van der Waals surface area contributed by atoms with Crippen molar-refractivity contribution in [1.29, 1.82) is 0 Å². The Morgan fingerprint density at radius 2 is 1.92 bits per heavy atom. The van der Waals surface area contributed by atoms with Crippen LogP contribution in [-0.2, 0) is 9.22 Å². The molecule has 0 aromatic rings. The summed E-state index contributed by atoms with van der Waals surface area (Å²) in [5.41, 5.74) is -1.02. The van der Waals surface area contributed by atoms with E-state index in [2.05, 4.69) is 47.3 Å². The van der Waals surface area contributed by atoms with Crippen LogP contribution in [0.5, 0.6) is 0 Å². The summed E-state index contributed by atoms with van der Waals surface area (Å²) in [6.07, 6.45) is 4.55. The minimum absolute atomic E-state index is 0.0489. The SMILES string of the molecule is CCCC[C@H](O)C(Cl)C(=O)[C@@]1(O[Si](C)(C)C)C[C@H]2CC[C@]1(C)C2(C)C. The maximum absolute atomic E-state index is 13.6. The zero-order valence-electron chi connectivity index (χ0n) is 17.1. The van der Waals surface area contributed by atoms with E-state index >= 15 is 0 Å². The number of carbonyl (C=O) groups is 1. The van der Waals surface area contributed by atoms with Crippen LogP contribution >= 0.6 is 11.6 Å². The van der Waals surface area contributed by atoms with Gasteiger partial charge in [-0.2, -0.15) is 0 Å². The number of fused-ring (bicyclic) bond motifs is 2. The Balaban J connectivity index is 2.40. The molecule has 0 heterocycles. The number of Topliss-reactive ketones (excluding diaryl/α,β-unsaturated/α-hetero) is 1. The number of hydrogen-bond acceptors (Lipinski definition) is 3. The molecule has 0 radical (unpaired) electrons. The summed E-state index contributed by atoms with van der Waals surface area (Å²) in [5, 5.41) is 9.60. The van der Waals surface area contributed by atoms with E-state index in [-0.39, 0.29) is 16.6 Å². The van der Waals surface area contributed by atoms with Gasteiger partial charge in [0.1, 0.15) is 11.0 Å². The van der Waals surface area contributed by atoms with Gasteiger partial charge in [0, 0.05) is 5.41 Å². The van der Waals surface area contributed by atoms with Crippen LogP contribution in [0.2, 0.25) is 19.6 Å². The Bertz CT molecular complexity index is 516. The number of hydrogen-bond donors (Lipinski definition) is 1. The lowest BCUT2D eigenvalue weighted by Gasteiger charge is -2.51. The van der Waals surface area contributed by atoms with Gasteiger partial charge in [-0.25, -0.2) is 0 Å². The van der Waals surface area contributed by atoms with Crippen molar-refractivity contribution in [3.63, 3.8) is 0 Å². The standard InChI is InChI=1S/C20H37ClO3Si/c1-8-9-10-15(22)16(21)17(23)20(24-25(5,6)7)13-14-11-12-19(20,4)18(14,2)3/h14-16,22H,8-13H2,1-7H3/t14-,15+,16?,19-,20+/m1/s1. The predicted molar refractivity (Wildman–Crippen MR) is 107 cm³/mol. The molecule has 5 heteroatoms. The van der Waals surface area contributed by atoms with Gasteiger partial charge in [-0.3, -0.25) is 4.79 Å². The lowest BCUT2D eigenvalue weighted by molar-refractivity contribution is -0.153. The molecule has 1 N–H and O–H groups in total. The number of unbranched alkanes of at least 4 members (excludes halogenated alkanes) is 1. The quantitative estimate of drug-likeness (QED) is 0.462. The lowest BCUT2D eigenvalue weighted by atomic mass is 9.62. The third-order valence-corrected chi connectivity index (χ3v) is 8.63. The summed E-state index contributed by atoms with van der Waals surface area (Å²) < 4.78 is 6.69. The van der Waals surface area contributed by atoms with Crippen LogP contribution in [0.1, 0.15) is 66.2 Å². The Labute approximate surface area is 160 Å². The zero-order valence-corrected chi connectivity index (χ0v) is 18.9. The van der Waals surface area contributed by atoms with E-state index in [1.54, 1.807) is 0 Å². The van der Waals surface area contributed by atoms with Crippen molar-refractivity contribution in [3.8, 4) is 0 Å². The normalized spacial score (nSPS) is 36.4. The maximum atomic E-state index is 13.6. The average molecular weight is 389 g/mol. The van der Waals surface area contributed by atoms with Crippen LogP contribution in [0.15, 0.2) is 0 Å². The molecule has 146 valence electrons. The van der Waals surface area contributed by atoms with E-state index in [0.717, 1.165) is 32.1 Å². The van der Waals surface area contributed by atoms with Gasteiger partial charge in [0.15, 0.2) is 14.1 Å². The smallest absolute Gasteiger partial charge is 0.185 e. The minimum atomic E-state index is -1.97. The van der Waals surface area contributed by atoms with E-state index < -0.39 is 25.4 Å². The Kier molecular flexibility index (Phi) is 5.92. The molecule has 0 amide bonds. The molecule has 5 atom stereocenters. The van der Waals surface area contributed by atoms with Crippen molar-refractivity contribution in [2.45, 2.75) is 103 Å². The van der Waals surface area contributed by atoms with Crippen molar-refractivity contribution in [1.82, 2.24) is 0 Å². The molecule has 2 fully saturated rings. The topological polar surface area (TPSA) is 46.5 Å². The van der Waals surface area contributed by atoms with Crippen LogP contribution < -0.4 is 0 Å². The molecule has 0 aliphatic heterocycles.